The molecule has 0 radical (unpaired) electrons. The van der Waals surface area contributed by atoms with Crippen LogP contribution in [0.4, 0.5) is 4.39 Å². The number of fused-ring (bicyclic) bond motifs is 1. The van der Waals surface area contributed by atoms with Gasteiger partial charge in [-0.2, -0.15) is 13.4 Å². The van der Waals surface area contributed by atoms with E-state index in [2.05, 4.69) is 4.98 Å². The molecule has 0 amide bonds. The van der Waals surface area contributed by atoms with Crippen LogP contribution in [0.5, 0.6) is 6.01 Å². The van der Waals surface area contributed by atoms with Gasteiger partial charge in [-0.3, -0.25) is 13.5 Å². The monoisotopic (exact) mass is 368 g/mol. The standard InChI is InChI=1S/C16H17FN2O5S/c1-11-2-4-12(5-3-11)10-25(21,22)23-9-14-8-19-13(7-17)6-15(20)18-16(19)24-14/h2-6,14H,7-10H2,1H3. The number of alkyl halides is 1. The van der Waals surface area contributed by atoms with Gasteiger partial charge in [0.15, 0.2) is 0 Å². The van der Waals surface area contributed by atoms with Crippen molar-refractivity contribution in [2.75, 3.05) is 6.61 Å². The molecule has 0 saturated carbocycles. The number of aromatic nitrogens is 2. The number of aryl methyl sites for hydroxylation is 1. The van der Waals surface area contributed by atoms with Crippen molar-refractivity contribution >= 4 is 10.1 Å². The van der Waals surface area contributed by atoms with Gasteiger partial charge in [0.05, 0.1) is 12.2 Å². The highest BCUT2D eigenvalue weighted by Gasteiger charge is 2.28. The lowest BCUT2D eigenvalue weighted by atomic mass is 10.2. The predicted molar refractivity (Wildman–Crippen MR) is 87.5 cm³/mol. The summed E-state index contributed by atoms with van der Waals surface area (Å²) < 4.78 is 48.9. The van der Waals surface area contributed by atoms with E-state index in [-0.39, 0.29) is 30.6 Å². The van der Waals surface area contributed by atoms with E-state index in [4.69, 9.17) is 8.92 Å². The zero-order chi connectivity index (χ0) is 18.0. The summed E-state index contributed by atoms with van der Waals surface area (Å²) in [5.74, 6) is -0.251. The molecule has 134 valence electrons. The molecule has 3 rings (SSSR count). The van der Waals surface area contributed by atoms with Crippen molar-refractivity contribution in [2.24, 2.45) is 0 Å². The Kier molecular flexibility index (Phi) is 4.87. The third-order valence-corrected chi connectivity index (χ3v) is 4.95. The molecule has 1 aromatic heterocycles. The van der Waals surface area contributed by atoms with E-state index in [0.717, 1.165) is 11.6 Å². The first-order valence-electron chi connectivity index (χ1n) is 7.62. The fourth-order valence-corrected chi connectivity index (χ4v) is 3.56. The maximum atomic E-state index is 13.0. The Morgan fingerprint density at radius 1 is 1.36 bits per heavy atom. The van der Waals surface area contributed by atoms with Crippen molar-refractivity contribution in [3.05, 3.63) is 57.5 Å². The molecule has 1 aliphatic rings. The number of benzene rings is 1. The fourth-order valence-electron chi connectivity index (χ4n) is 2.51. The van der Waals surface area contributed by atoms with Gasteiger partial charge < -0.3 is 4.74 Å². The van der Waals surface area contributed by atoms with Crippen LogP contribution >= 0.6 is 0 Å². The highest BCUT2D eigenvalue weighted by atomic mass is 32.2. The second kappa shape index (κ2) is 6.93. The molecule has 7 nitrogen and oxygen atoms in total. The Bertz CT molecular complexity index is 925. The summed E-state index contributed by atoms with van der Waals surface area (Å²) in [5.41, 5.74) is 1.19. The van der Waals surface area contributed by atoms with Gasteiger partial charge in [0.1, 0.15) is 25.1 Å². The van der Waals surface area contributed by atoms with Gasteiger partial charge in [0.2, 0.25) is 0 Å². The predicted octanol–water partition coefficient (Wildman–Crippen LogP) is 1.33. The molecule has 9 heteroatoms. The van der Waals surface area contributed by atoms with Crippen LogP contribution in [0.2, 0.25) is 0 Å². The number of ether oxygens (including phenoxy) is 1. The molecular formula is C16H17FN2O5S. The van der Waals surface area contributed by atoms with Crippen LogP contribution in [0.25, 0.3) is 0 Å². The van der Waals surface area contributed by atoms with Gasteiger partial charge in [-0.1, -0.05) is 29.8 Å². The minimum Gasteiger partial charge on any atom is -0.457 e. The first-order valence-corrected chi connectivity index (χ1v) is 9.20. The zero-order valence-corrected chi connectivity index (χ0v) is 14.3. The summed E-state index contributed by atoms with van der Waals surface area (Å²) in [7, 11) is -3.79. The molecule has 0 N–H and O–H groups in total. The van der Waals surface area contributed by atoms with Gasteiger partial charge in [-0.15, -0.1) is 0 Å². The maximum Gasteiger partial charge on any atom is 0.300 e. The van der Waals surface area contributed by atoms with Crippen LogP contribution in [0, 0.1) is 6.92 Å². The SMILES string of the molecule is Cc1ccc(CS(=O)(=O)OCC2Cn3c(CF)cc(=O)nc3O2)cc1. The van der Waals surface area contributed by atoms with Crippen molar-refractivity contribution in [1.82, 2.24) is 9.55 Å². The molecule has 0 fully saturated rings. The molecule has 1 unspecified atom stereocenters. The molecule has 0 aliphatic carbocycles. The quantitative estimate of drug-likeness (QED) is 0.715. The topological polar surface area (TPSA) is 87.5 Å². The summed E-state index contributed by atoms with van der Waals surface area (Å²) in [6.45, 7) is 1.00. The molecule has 25 heavy (non-hydrogen) atoms. The first-order chi connectivity index (χ1) is 11.9. The molecular weight excluding hydrogens is 351 g/mol. The molecule has 0 bridgehead atoms. The van der Waals surface area contributed by atoms with E-state index >= 15 is 0 Å². The van der Waals surface area contributed by atoms with Gasteiger partial charge >= 0.3 is 6.01 Å². The average Bonchev–Trinajstić information content (AvgIpc) is 2.97. The molecule has 2 aromatic rings. The van der Waals surface area contributed by atoms with E-state index in [9.17, 15) is 17.6 Å². The van der Waals surface area contributed by atoms with E-state index < -0.39 is 28.5 Å². The third kappa shape index (κ3) is 4.23. The molecule has 2 heterocycles. The van der Waals surface area contributed by atoms with Crippen molar-refractivity contribution in [2.45, 2.75) is 32.0 Å². The van der Waals surface area contributed by atoms with E-state index in [1.165, 1.54) is 4.57 Å². The van der Waals surface area contributed by atoms with Gasteiger partial charge in [0.25, 0.3) is 15.7 Å². The van der Waals surface area contributed by atoms with E-state index in [1.807, 2.05) is 19.1 Å². The Balaban J connectivity index is 1.62. The average molecular weight is 368 g/mol. The lowest BCUT2D eigenvalue weighted by Gasteiger charge is -2.10. The zero-order valence-electron chi connectivity index (χ0n) is 13.5. The van der Waals surface area contributed by atoms with Crippen LogP contribution in [0.15, 0.2) is 35.1 Å². The minimum absolute atomic E-state index is 0.0234. The fraction of sp³-hybridized carbons (Fsp3) is 0.375. The van der Waals surface area contributed by atoms with Gasteiger partial charge in [-0.25, -0.2) is 4.39 Å². The smallest absolute Gasteiger partial charge is 0.300 e. The van der Waals surface area contributed by atoms with E-state index in [0.29, 0.717) is 5.56 Å². The lowest BCUT2D eigenvalue weighted by Crippen LogP contribution is -2.24. The van der Waals surface area contributed by atoms with E-state index in [1.54, 1.807) is 12.1 Å². The summed E-state index contributed by atoms with van der Waals surface area (Å²) in [6, 6.07) is 8.16. The van der Waals surface area contributed by atoms with Crippen LogP contribution in [0.3, 0.4) is 0 Å². The molecule has 0 saturated heterocycles. The van der Waals surface area contributed by atoms with Crippen LogP contribution in [-0.4, -0.2) is 30.7 Å². The van der Waals surface area contributed by atoms with Crippen LogP contribution in [0.1, 0.15) is 16.8 Å². The van der Waals surface area contributed by atoms with Crippen LogP contribution in [-0.2, 0) is 33.3 Å². The number of hydrogen-bond acceptors (Lipinski definition) is 6. The maximum absolute atomic E-state index is 13.0. The van der Waals surface area contributed by atoms with Crippen LogP contribution < -0.4 is 10.3 Å². The third-order valence-electron chi connectivity index (χ3n) is 3.77. The number of halogens is 1. The van der Waals surface area contributed by atoms with Crippen molar-refractivity contribution in [1.29, 1.82) is 0 Å². The lowest BCUT2D eigenvalue weighted by molar-refractivity contribution is 0.147. The summed E-state index contributed by atoms with van der Waals surface area (Å²) in [4.78, 5) is 15.0. The first kappa shape index (κ1) is 17.6. The second-order valence-electron chi connectivity index (χ2n) is 5.82. The molecule has 1 aliphatic heterocycles. The highest BCUT2D eigenvalue weighted by molar-refractivity contribution is 7.85. The second-order valence-corrected chi connectivity index (χ2v) is 7.46. The van der Waals surface area contributed by atoms with Gasteiger partial charge in [-0.05, 0) is 12.5 Å². The summed E-state index contributed by atoms with van der Waals surface area (Å²) in [5, 5.41) is 0. The molecule has 1 atom stereocenters. The largest absolute Gasteiger partial charge is 0.457 e. The Morgan fingerprint density at radius 3 is 2.76 bits per heavy atom. The molecule has 1 aromatic carbocycles. The highest BCUT2D eigenvalue weighted by Crippen LogP contribution is 2.21. The summed E-state index contributed by atoms with van der Waals surface area (Å²) >= 11 is 0. The number of nitrogens with zero attached hydrogens (tertiary/aromatic N) is 2. The van der Waals surface area contributed by atoms with Gasteiger partial charge in [0, 0.05) is 6.07 Å². The number of hydrogen-bond donors (Lipinski definition) is 0. The van der Waals surface area contributed by atoms with Crippen molar-refractivity contribution in [3.63, 3.8) is 0 Å². The summed E-state index contributed by atoms with van der Waals surface area (Å²) in [6.07, 6.45) is -0.660. The minimum atomic E-state index is -3.79. The molecule has 0 spiro atoms. The van der Waals surface area contributed by atoms with Crippen molar-refractivity contribution in [3.8, 4) is 6.01 Å². The Labute approximate surface area is 144 Å². The Morgan fingerprint density at radius 2 is 2.08 bits per heavy atom. The Hall–Kier alpha value is -2.26. The normalized spacial score (nSPS) is 16.5. The number of rotatable bonds is 6. The van der Waals surface area contributed by atoms with Crippen molar-refractivity contribution < 1.29 is 21.7 Å².